The van der Waals surface area contributed by atoms with Gasteiger partial charge in [-0.15, -0.1) is 0 Å². The van der Waals surface area contributed by atoms with Gasteiger partial charge in [0, 0.05) is 12.1 Å². The zero-order valence-corrected chi connectivity index (χ0v) is 13.6. The Morgan fingerprint density at radius 2 is 1.90 bits per heavy atom. The summed E-state index contributed by atoms with van der Waals surface area (Å²) in [4.78, 5) is 0.0615. The van der Waals surface area contributed by atoms with Crippen molar-refractivity contribution in [3.8, 4) is 0 Å². The Bertz CT molecular complexity index is 542. The molecule has 2 nitrogen and oxygen atoms in total. The van der Waals surface area contributed by atoms with Crippen LogP contribution in [0.25, 0.3) is 0 Å². The van der Waals surface area contributed by atoms with E-state index in [-0.39, 0.29) is 21.6 Å². The average molecular weight is 315 g/mol. The molecule has 5 heteroatoms. The van der Waals surface area contributed by atoms with E-state index >= 15 is 0 Å². The molecule has 1 aliphatic carbocycles. The second-order valence-electron chi connectivity index (χ2n) is 6.95. The van der Waals surface area contributed by atoms with E-state index in [0.717, 1.165) is 25.0 Å². The SMILES string of the molecule is CC(C)(C)C1CCC(N)C(S(=O)c2ccc(F)cc2F)C1. The lowest BCUT2D eigenvalue weighted by Crippen LogP contribution is -2.45. The van der Waals surface area contributed by atoms with Crippen LogP contribution in [0.1, 0.15) is 40.0 Å². The van der Waals surface area contributed by atoms with E-state index in [2.05, 4.69) is 20.8 Å². The maximum absolute atomic E-state index is 13.8. The Balaban J connectivity index is 2.24. The summed E-state index contributed by atoms with van der Waals surface area (Å²) < 4.78 is 39.5. The van der Waals surface area contributed by atoms with Crippen LogP contribution in [0.4, 0.5) is 8.78 Å². The molecule has 0 radical (unpaired) electrons. The Morgan fingerprint density at radius 1 is 1.24 bits per heavy atom. The Morgan fingerprint density at radius 3 is 2.48 bits per heavy atom. The van der Waals surface area contributed by atoms with Gasteiger partial charge in [0.25, 0.3) is 0 Å². The fourth-order valence-corrected chi connectivity index (χ4v) is 4.63. The van der Waals surface area contributed by atoms with Crippen LogP contribution in [0.15, 0.2) is 23.1 Å². The van der Waals surface area contributed by atoms with Gasteiger partial charge < -0.3 is 5.73 Å². The molecule has 4 unspecified atom stereocenters. The van der Waals surface area contributed by atoms with Gasteiger partial charge in [0.15, 0.2) is 0 Å². The molecule has 1 aromatic carbocycles. The highest BCUT2D eigenvalue weighted by Crippen LogP contribution is 2.40. The number of benzene rings is 1. The monoisotopic (exact) mass is 315 g/mol. The molecule has 2 N–H and O–H groups in total. The number of halogens is 2. The molecule has 1 aromatic rings. The largest absolute Gasteiger partial charge is 0.327 e. The summed E-state index contributed by atoms with van der Waals surface area (Å²) in [6.45, 7) is 6.48. The van der Waals surface area contributed by atoms with Crippen LogP contribution >= 0.6 is 0 Å². The van der Waals surface area contributed by atoms with Crippen LogP contribution in [-0.2, 0) is 10.8 Å². The van der Waals surface area contributed by atoms with Crippen LogP contribution in [-0.4, -0.2) is 15.5 Å². The number of hydrogen-bond donors (Lipinski definition) is 1. The first kappa shape index (κ1) is 16.6. The molecule has 0 saturated heterocycles. The van der Waals surface area contributed by atoms with Crippen molar-refractivity contribution in [1.82, 2.24) is 0 Å². The van der Waals surface area contributed by atoms with Crippen LogP contribution in [0.2, 0.25) is 0 Å². The van der Waals surface area contributed by atoms with E-state index in [1.165, 1.54) is 6.07 Å². The van der Waals surface area contributed by atoms with Gasteiger partial charge in [-0.25, -0.2) is 8.78 Å². The second-order valence-corrected chi connectivity index (χ2v) is 8.59. The van der Waals surface area contributed by atoms with Crippen LogP contribution in [0.3, 0.4) is 0 Å². The number of rotatable bonds is 2. The summed E-state index contributed by atoms with van der Waals surface area (Å²) in [5.74, 6) is -0.998. The summed E-state index contributed by atoms with van der Waals surface area (Å²) in [6.07, 6.45) is 2.51. The van der Waals surface area contributed by atoms with Crippen molar-refractivity contribution in [3.05, 3.63) is 29.8 Å². The lowest BCUT2D eigenvalue weighted by Gasteiger charge is -2.40. The van der Waals surface area contributed by atoms with Crippen molar-refractivity contribution in [2.45, 2.75) is 56.2 Å². The fourth-order valence-electron chi connectivity index (χ4n) is 2.99. The van der Waals surface area contributed by atoms with E-state index in [1.807, 2.05) is 0 Å². The highest BCUT2D eigenvalue weighted by Gasteiger charge is 2.38. The first-order valence-electron chi connectivity index (χ1n) is 7.31. The van der Waals surface area contributed by atoms with Crippen LogP contribution < -0.4 is 5.73 Å². The topological polar surface area (TPSA) is 43.1 Å². The zero-order chi connectivity index (χ0) is 15.8. The van der Waals surface area contributed by atoms with Crippen molar-refractivity contribution in [1.29, 1.82) is 0 Å². The van der Waals surface area contributed by atoms with E-state index in [4.69, 9.17) is 5.73 Å². The standard InChI is InChI=1S/C16H23F2NOS/c1-16(2,3)10-4-6-13(19)15(8-10)21(20)14-7-5-11(17)9-12(14)18/h5,7,9-10,13,15H,4,6,8,19H2,1-3H3. The van der Waals surface area contributed by atoms with Gasteiger partial charge in [-0.2, -0.15) is 0 Å². The molecule has 1 saturated carbocycles. The summed E-state index contributed by atoms with van der Waals surface area (Å²) >= 11 is 0. The first-order valence-corrected chi connectivity index (χ1v) is 8.52. The quantitative estimate of drug-likeness (QED) is 0.906. The predicted octanol–water partition coefficient (Wildman–Crippen LogP) is 3.61. The molecule has 0 bridgehead atoms. The first-order chi connectivity index (χ1) is 9.70. The molecular weight excluding hydrogens is 292 g/mol. The molecule has 1 aliphatic rings. The summed E-state index contributed by atoms with van der Waals surface area (Å²) in [5.41, 5.74) is 6.23. The van der Waals surface area contributed by atoms with Crippen molar-refractivity contribution in [3.63, 3.8) is 0 Å². The predicted molar refractivity (Wildman–Crippen MR) is 81.3 cm³/mol. The average Bonchev–Trinajstić information content (AvgIpc) is 2.37. The maximum Gasteiger partial charge on any atom is 0.142 e. The fraction of sp³-hybridized carbons (Fsp3) is 0.625. The third-order valence-electron chi connectivity index (χ3n) is 4.45. The Hall–Kier alpha value is -0.810. The van der Waals surface area contributed by atoms with E-state index < -0.39 is 22.4 Å². The van der Waals surface area contributed by atoms with Gasteiger partial charge in [-0.05, 0) is 42.7 Å². The van der Waals surface area contributed by atoms with Crippen molar-refractivity contribution in [2.75, 3.05) is 0 Å². The zero-order valence-electron chi connectivity index (χ0n) is 12.7. The van der Waals surface area contributed by atoms with Gasteiger partial charge >= 0.3 is 0 Å². The molecule has 1 fully saturated rings. The third kappa shape index (κ3) is 3.69. The van der Waals surface area contributed by atoms with Gasteiger partial charge in [-0.3, -0.25) is 4.21 Å². The smallest absolute Gasteiger partial charge is 0.142 e. The minimum Gasteiger partial charge on any atom is -0.327 e. The number of nitrogens with two attached hydrogens (primary N) is 1. The summed E-state index contributed by atoms with van der Waals surface area (Å²) in [5, 5.41) is -0.275. The van der Waals surface area contributed by atoms with Crippen LogP contribution in [0, 0.1) is 23.0 Å². The minimum absolute atomic E-state index is 0.0615. The molecule has 0 spiro atoms. The molecule has 0 amide bonds. The second kappa shape index (κ2) is 6.13. The molecule has 4 atom stereocenters. The van der Waals surface area contributed by atoms with Gasteiger partial charge in [0.05, 0.1) is 20.9 Å². The normalized spacial score (nSPS) is 28.4. The maximum atomic E-state index is 13.8. The van der Waals surface area contributed by atoms with Crippen LogP contribution in [0.5, 0.6) is 0 Å². The van der Waals surface area contributed by atoms with Crippen molar-refractivity contribution in [2.24, 2.45) is 17.1 Å². The van der Waals surface area contributed by atoms with E-state index in [0.29, 0.717) is 12.3 Å². The summed E-state index contributed by atoms with van der Waals surface area (Å²) in [7, 11) is -1.54. The highest BCUT2D eigenvalue weighted by molar-refractivity contribution is 7.85. The molecule has 0 aromatic heterocycles. The Kier molecular flexibility index (Phi) is 4.83. The lowest BCUT2D eigenvalue weighted by atomic mass is 9.71. The molecule has 118 valence electrons. The van der Waals surface area contributed by atoms with Gasteiger partial charge in [-0.1, -0.05) is 20.8 Å². The lowest BCUT2D eigenvalue weighted by molar-refractivity contribution is 0.173. The van der Waals surface area contributed by atoms with E-state index in [9.17, 15) is 13.0 Å². The molecule has 2 rings (SSSR count). The molecule has 0 heterocycles. The van der Waals surface area contributed by atoms with Gasteiger partial charge in [0.2, 0.25) is 0 Å². The molecule has 0 aliphatic heterocycles. The molecule has 21 heavy (non-hydrogen) atoms. The van der Waals surface area contributed by atoms with Crippen molar-refractivity contribution >= 4 is 10.8 Å². The highest BCUT2D eigenvalue weighted by atomic mass is 32.2. The van der Waals surface area contributed by atoms with Gasteiger partial charge in [0.1, 0.15) is 11.6 Å². The minimum atomic E-state index is -1.54. The third-order valence-corrected chi connectivity index (χ3v) is 6.31. The van der Waals surface area contributed by atoms with E-state index in [1.54, 1.807) is 0 Å². The van der Waals surface area contributed by atoms with Crippen molar-refractivity contribution < 1.29 is 13.0 Å². The molecular formula is C16H23F2NOS. The Labute approximate surface area is 127 Å². The summed E-state index contributed by atoms with van der Waals surface area (Å²) in [6, 6.07) is 3.00. The number of hydrogen-bond acceptors (Lipinski definition) is 2.